The van der Waals surface area contributed by atoms with Crippen molar-refractivity contribution in [3.8, 4) is 0 Å². The number of anilines is 1. The topological polar surface area (TPSA) is 49.4 Å². The molecule has 1 N–H and O–H groups in total. The lowest BCUT2D eigenvalue weighted by molar-refractivity contribution is -0.133. The molecule has 1 saturated heterocycles. The molecule has 4 nitrogen and oxygen atoms in total. The van der Waals surface area contributed by atoms with Crippen LogP contribution in [0.1, 0.15) is 25.8 Å². The third-order valence-electron chi connectivity index (χ3n) is 3.46. The van der Waals surface area contributed by atoms with Gasteiger partial charge in [0, 0.05) is 10.2 Å². The molecule has 0 bridgehead atoms. The average Bonchev–Trinajstić information content (AvgIpc) is 2.38. The molecule has 0 aliphatic carbocycles. The van der Waals surface area contributed by atoms with E-state index in [9.17, 15) is 9.59 Å². The zero-order valence-corrected chi connectivity index (χ0v) is 12.8. The predicted molar refractivity (Wildman–Crippen MR) is 78.0 cm³/mol. The van der Waals surface area contributed by atoms with Crippen LogP contribution in [-0.4, -0.2) is 23.9 Å². The number of carbonyl (C=O) groups excluding carboxylic acids is 2. The summed E-state index contributed by atoms with van der Waals surface area (Å²) in [4.78, 5) is 26.0. The molecule has 1 aliphatic heterocycles. The Morgan fingerprint density at radius 2 is 2.05 bits per heavy atom. The lowest BCUT2D eigenvalue weighted by Crippen LogP contribution is -2.62. The van der Waals surface area contributed by atoms with Gasteiger partial charge >= 0.3 is 0 Å². The van der Waals surface area contributed by atoms with E-state index >= 15 is 0 Å². The minimum Gasteiger partial charge on any atom is -0.343 e. The van der Waals surface area contributed by atoms with Crippen LogP contribution in [0.5, 0.6) is 0 Å². The van der Waals surface area contributed by atoms with Gasteiger partial charge in [0.15, 0.2) is 0 Å². The van der Waals surface area contributed by atoms with Gasteiger partial charge in [-0.05, 0) is 38.0 Å². The van der Waals surface area contributed by atoms with Crippen molar-refractivity contribution >= 4 is 33.4 Å². The molecule has 1 heterocycles. The predicted octanol–water partition coefficient (Wildman–Crippen LogP) is 2.39. The van der Waals surface area contributed by atoms with Crippen LogP contribution in [0.15, 0.2) is 22.7 Å². The van der Waals surface area contributed by atoms with Gasteiger partial charge in [-0.1, -0.05) is 28.9 Å². The second kappa shape index (κ2) is 5.33. The molecule has 1 aromatic carbocycles. The molecule has 2 unspecified atom stereocenters. The Labute approximate surface area is 121 Å². The minimum atomic E-state index is -0.483. The van der Waals surface area contributed by atoms with Crippen LogP contribution in [0.2, 0.25) is 0 Å². The van der Waals surface area contributed by atoms with E-state index in [0.29, 0.717) is 6.42 Å². The number of nitrogens with zero attached hydrogens (tertiary/aromatic N) is 1. The van der Waals surface area contributed by atoms with E-state index in [2.05, 4.69) is 21.2 Å². The van der Waals surface area contributed by atoms with Crippen molar-refractivity contribution in [2.45, 2.75) is 39.3 Å². The van der Waals surface area contributed by atoms with Gasteiger partial charge in [-0.15, -0.1) is 0 Å². The maximum Gasteiger partial charge on any atom is 0.250 e. The highest BCUT2D eigenvalue weighted by atomic mass is 79.9. The zero-order chi connectivity index (χ0) is 14.2. The number of nitrogens with one attached hydrogen (secondary N) is 1. The van der Waals surface area contributed by atoms with Crippen LogP contribution < -0.4 is 10.2 Å². The van der Waals surface area contributed by atoms with Crippen LogP contribution in [0.25, 0.3) is 0 Å². The lowest BCUT2D eigenvalue weighted by Gasteiger charge is -2.37. The van der Waals surface area contributed by atoms with Gasteiger partial charge in [-0.3, -0.25) is 14.5 Å². The number of hydrogen-bond donors (Lipinski definition) is 1. The van der Waals surface area contributed by atoms with Gasteiger partial charge < -0.3 is 5.32 Å². The van der Waals surface area contributed by atoms with Crippen molar-refractivity contribution in [2.75, 3.05) is 4.90 Å². The third-order valence-corrected chi connectivity index (χ3v) is 3.95. The lowest BCUT2D eigenvalue weighted by atomic mass is 10.0. The molecule has 102 valence electrons. The molecule has 0 aromatic heterocycles. The highest BCUT2D eigenvalue weighted by Crippen LogP contribution is 2.28. The third kappa shape index (κ3) is 2.52. The fraction of sp³-hybridized carbons (Fsp3) is 0.429. The molecular formula is C14H17BrN2O2. The van der Waals surface area contributed by atoms with Gasteiger partial charge in [0.1, 0.15) is 12.1 Å². The van der Waals surface area contributed by atoms with Gasteiger partial charge in [0.05, 0.1) is 0 Å². The Balaban J connectivity index is 2.47. The number of piperazine rings is 1. The van der Waals surface area contributed by atoms with Gasteiger partial charge in [-0.25, -0.2) is 0 Å². The van der Waals surface area contributed by atoms with Crippen molar-refractivity contribution < 1.29 is 9.59 Å². The molecule has 0 saturated carbocycles. The second-order valence-electron chi connectivity index (χ2n) is 4.78. The van der Waals surface area contributed by atoms with E-state index in [4.69, 9.17) is 0 Å². The Hall–Kier alpha value is -1.36. The minimum absolute atomic E-state index is 0.0456. The first-order valence-corrected chi connectivity index (χ1v) is 7.14. The molecule has 2 amide bonds. The Kier molecular flexibility index (Phi) is 3.94. The fourth-order valence-electron chi connectivity index (χ4n) is 2.28. The SMILES string of the molecule is CCC1NC(=O)C(C)N(c2cc(Br)ccc2C)C1=O. The van der Waals surface area contributed by atoms with Crippen molar-refractivity contribution in [3.63, 3.8) is 0 Å². The maximum atomic E-state index is 12.5. The number of hydrogen-bond acceptors (Lipinski definition) is 2. The summed E-state index contributed by atoms with van der Waals surface area (Å²) in [6, 6.07) is 4.84. The number of benzene rings is 1. The normalized spacial score (nSPS) is 23.5. The van der Waals surface area contributed by atoms with Crippen molar-refractivity contribution in [3.05, 3.63) is 28.2 Å². The van der Waals surface area contributed by atoms with E-state index in [1.165, 1.54) is 0 Å². The summed E-state index contributed by atoms with van der Waals surface area (Å²) >= 11 is 3.41. The summed E-state index contributed by atoms with van der Waals surface area (Å²) < 4.78 is 0.895. The number of aryl methyl sites for hydroxylation is 1. The van der Waals surface area contributed by atoms with Crippen LogP contribution in [0, 0.1) is 6.92 Å². The van der Waals surface area contributed by atoms with E-state index in [-0.39, 0.29) is 11.8 Å². The summed E-state index contributed by atoms with van der Waals surface area (Å²) in [5.74, 6) is -0.151. The van der Waals surface area contributed by atoms with Gasteiger partial charge in [-0.2, -0.15) is 0 Å². The molecule has 19 heavy (non-hydrogen) atoms. The summed E-state index contributed by atoms with van der Waals surface area (Å²) in [5, 5.41) is 2.76. The summed E-state index contributed by atoms with van der Waals surface area (Å²) in [6.07, 6.45) is 0.598. The molecule has 1 fully saturated rings. The molecule has 1 aliphatic rings. The van der Waals surface area contributed by atoms with Crippen LogP contribution in [-0.2, 0) is 9.59 Å². The van der Waals surface area contributed by atoms with E-state index in [0.717, 1.165) is 15.7 Å². The summed E-state index contributed by atoms with van der Waals surface area (Å²) in [5.41, 5.74) is 1.77. The number of rotatable bonds is 2. The molecule has 1 aromatic rings. The molecule has 2 atom stereocenters. The maximum absolute atomic E-state index is 12.5. The van der Waals surface area contributed by atoms with Crippen molar-refractivity contribution in [1.29, 1.82) is 0 Å². The Morgan fingerprint density at radius 1 is 1.37 bits per heavy atom. The van der Waals surface area contributed by atoms with Crippen LogP contribution in [0.4, 0.5) is 5.69 Å². The van der Waals surface area contributed by atoms with Crippen LogP contribution >= 0.6 is 15.9 Å². The molecule has 2 rings (SSSR count). The van der Waals surface area contributed by atoms with Crippen molar-refractivity contribution in [1.82, 2.24) is 5.32 Å². The standard InChI is InChI=1S/C14H17BrN2O2/c1-4-11-14(19)17(9(3)13(18)16-11)12-7-10(15)6-5-8(12)2/h5-7,9,11H,4H2,1-3H3,(H,16,18). The number of carbonyl (C=O) groups is 2. The highest BCUT2D eigenvalue weighted by molar-refractivity contribution is 9.10. The number of halogens is 1. The van der Waals surface area contributed by atoms with Gasteiger partial charge in [0.25, 0.3) is 0 Å². The molecule has 0 radical (unpaired) electrons. The first-order chi connectivity index (χ1) is 8.95. The highest BCUT2D eigenvalue weighted by Gasteiger charge is 2.38. The first-order valence-electron chi connectivity index (χ1n) is 6.35. The van der Waals surface area contributed by atoms with E-state index in [1.807, 2.05) is 32.0 Å². The zero-order valence-electron chi connectivity index (χ0n) is 11.2. The number of amides is 2. The second-order valence-corrected chi connectivity index (χ2v) is 5.70. The quantitative estimate of drug-likeness (QED) is 0.908. The summed E-state index contributed by atoms with van der Waals surface area (Å²) in [7, 11) is 0. The Bertz CT molecular complexity index is 530. The first kappa shape index (κ1) is 14.1. The largest absolute Gasteiger partial charge is 0.343 e. The molecule has 0 spiro atoms. The van der Waals surface area contributed by atoms with E-state index in [1.54, 1.807) is 11.8 Å². The Morgan fingerprint density at radius 3 is 2.68 bits per heavy atom. The van der Waals surface area contributed by atoms with Crippen LogP contribution in [0.3, 0.4) is 0 Å². The van der Waals surface area contributed by atoms with E-state index < -0.39 is 12.1 Å². The molecule has 5 heteroatoms. The average molecular weight is 325 g/mol. The fourth-order valence-corrected chi connectivity index (χ4v) is 2.63. The molecular weight excluding hydrogens is 308 g/mol. The van der Waals surface area contributed by atoms with Crippen molar-refractivity contribution in [2.24, 2.45) is 0 Å². The van der Waals surface area contributed by atoms with Gasteiger partial charge in [0.2, 0.25) is 11.8 Å². The monoisotopic (exact) mass is 324 g/mol. The smallest absolute Gasteiger partial charge is 0.250 e. The summed E-state index contributed by atoms with van der Waals surface area (Å²) in [6.45, 7) is 5.58.